The lowest BCUT2D eigenvalue weighted by Gasteiger charge is -2.09. The Balaban J connectivity index is 1.20. The summed E-state index contributed by atoms with van der Waals surface area (Å²) in [7, 11) is 0. The number of para-hydroxylation sites is 1. The first-order chi connectivity index (χ1) is 18.2. The molecule has 0 spiro atoms. The van der Waals surface area contributed by atoms with Crippen molar-refractivity contribution in [3.63, 3.8) is 0 Å². The number of hydrogen-bond donors (Lipinski definition) is 0. The first-order valence-corrected chi connectivity index (χ1v) is 15.5. The van der Waals surface area contributed by atoms with Crippen molar-refractivity contribution in [2.45, 2.75) is 34.5 Å². The molecule has 0 saturated carbocycles. The van der Waals surface area contributed by atoms with Crippen molar-refractivity contribution in [2.24, 2.45) is 0 Å². The third-order valence-corrected chi connectivity index (χ3v) is 9.89. The number of rotatable bonds is 9. The van der Waals surface area contributed by atoms with Crippen LogP contribution >= 0.6 is 46.2 Å². The van der Waals surface area contributed by atoms with Crippen LogP contribution in [-0.2, 0) is 18.1 Å². The van der Waals surface area contributed by atoms with Gasteiger partial charge in [0.2, 0.25) is 0 Å². The van der Waals surface area contributed by atoms with Crippen LogP contribution in [0.5, 0.6) is 0 Å². The average Bonchev–Trinajstić information content (AvgIpc) is 3.66. The lowest BCUT2D eigenvalue weighted by molar-refractivity contribution is 0.685. The molecule has 6 aromatic rings. The standard InChI is InChI=1S/C28H23N5S4/c1-19-11-13-21(14-12-19)26-29-22(16-34-26)17-35-27-32-31-25(33(27)15-20-7-3-2-4-8-20)18-36-28-30-23-9-5-6-10-24(23)37-28/h2-14,16H,15,17-18H2,1H3. The number of aromatic nitrogens is 5. The molecule has 0 aliphatic rings. The molecule has 0 aliphatic heterocycles. The summed E-state index contributed by atoms with van der Waals surface area (Å²) in [6, 6.07) is 27.3. The van der Waals surface area contributed by atoms with Gasteiger partial charge in [0.15, 0.2) is 9.50 Å². The van der Waals surface area contributed by atoms with E-state index in [0.717, 1.165) is 49.4 Å². The molecular formula is C28H23N5S4. The fraction of sp³-hybridized carbons (Fsp3) is 0.143. The van der Waals surface area contributed by atoms with Gasteiger partial charge in [-0.15, -0.1) is 32.9 Å². The van der Waals surface area contributed by atoms with E-state index in [1.165, 1.54) is 15.8 Å². The van der Waals surface area contributed by atoms with Crippen LogP contribution in [0.2, 0.25) is 0 Å². The van der Waals surface area contributed by atoms with E-state index in [1.807, 2.05) is 12.1 Å². The number of thiazole rings is 2. The summed E-state index contributed by atoms with van der Waals surface area (Å²) in [4.78, 5) is 9.64. The number of hydrogen-bond acceptors (Lipinski definition) is 8. The highest BCUT2D eigenvalue weighted by Crippen LogP contribution is 2.33. The van der Waals surface area contributed by atoms with E-state index in [9.17, 15) is 0 Å². The van der Waals surface area contributed by atoms with Crippen LogP contribution < -0.4 is 0 Å². The van der Waals surface area contributed by atoms with E-state index in [0.29, 0.717) is 5.75 Å². The van der Waals surface area contributed by atoms with Crippen LogP contribution in [0.15, 0.2) is 93.7 Å². The van der Waals surface area contributed by atoms with Crippen LogP contribution in [0.4, 0.5) is 0 Å². The minimum atomic E-state index is 0.717. The highest BCUT2D eigenvalue weighted by Gasteiger charge is 2.16. The summed E-state index contributed by atoms with van der Waals surface area (Å²) >= 11 is 6.82. The van der Waals surface area contributed by atoms with Gasteiger partial charge in [-0.2, -0.15) is 0 Å². The van der Waals surface area contributed by atoms with Gasteiger partial charge < -0.3 is 4.57 Å². The molecule has 5 nitrogen and oxygen atoms in total. The molecule has 0 unspecified atom stereocenters. The predicted molar refractivity (Wildman–Crippen MR) is 157 cm³/mol. The molecule has 0 aliphatic carbocycles. The Bertz CT molecular complexity index is 1590. The third kappa shape index (κ3) is 5.80. The highest BCUT2D eigenvalue weighted by atomic mass is 32.2. The Hall–Kier alpha value is -2.98. The summed E-state index contributed by atoms with van der Waals surface area (Å²) in [5.74, 6) is 2.42. The average molecular weight is 558 g/mol. The second-order valence-corrected chi connectivity index (χ2v) is 12.6. The SMILES string of the molecule is Cc1ccc(-c2nc(CSc3nnc(CSc4nc5ccccc5s4)n3Cc3ccccc3)cs2)cc1. The van der Waals surface area contributed by atoms with E-state index in [4.69, 9.17) is 9.97 Å². The lowest BCUT2D eigenvalue weighted by atomic mass is 10.2. The predicted octanol–water partition coefficient (Wildman–Crippen LogP) is 7.95. The molecule has 184 valence electrons. The fourth-order valence-electron chi connectivity index (χ4n) is 3.84. The van der Waals surface area contributed by atoms with Crippen molar-refractivity contribution < 1.29 is 0 Å². The van der Waals surface area contributed by atoms with E-state index in [-0.39, 0.29) is 0 Å². The van der Waals surface area contributed by atoms with Crippen molar-refractivity contribution in [3.8, 4) is 10.6 Å². The molecule has 37 heavy (non-hydrogen) atoms. The first-order valence-electron chi connectivity index (χ1n) is 11.8. The van der Waals surface area contributed by atoms with Crippen LogP contribution in [0.25, 0.3) is 20.8 Å². The molecule has 0 radical (unpaired) electrons. The van der Waals surface area contributed by atoms with Crippen LogP contribution in [-0.4, -0.2) is 24.7 Å². The number of fused-ring (bicyclic) bond motifs is 1. The summed E-state index contributed by atoms with van der Waals surface area (Å²) in [6.07, 6.45) is 0. The second kappa shape index (κ2) is 11.2. The van der Waals surface area contributed by atoms with Gasteiger partial charge in [0.1, 0.15) is 10.8 Å². The lowest BCUT2D eigenvalue weighted by Crippen LogP contribution is -2.06. The summed E-state index contributed by atoms with van der Waals surface area (Å²) in [5, 5.41) is 13.3. The maximum Gasteiger partial charge on any atom is 0.191 e. The van der Waals surface area contributed by atoms with Gasteiger partial charge in [0.05, 0.1) is 28.2 Å². The molecule has 0 amide bonds. The molecule has 0 fully saturated rings. The Morgan fingerprint density at radius 2 is 1.62 bits per heavy atom. The molecule has 3 heterocycles. The molecule has 0 N–H and O–H groups in total. The summed E-state index contributed by atoms with van der Waals surface area (Å²) in [5.41, 5.74) is 5.75. The molecule has 0 saturated heterocycles. The van der Waals surface area contributed by atoms with E-state index >= 15 is 0 Å². The Kier molecular flexibility index (Phi) is 7.36. The van der Waals surface area contributed by atoms with Gasteiger partial charge in [0, 0.05) is 16.7 Å². The maximum atomic E-state index is 4.87. The van der Waals surface area contributed by atoms with Crippen molar-refractivity contribution in [2.75, 3.05) is 0 Å². The molecule has 9 heteroatoms. The van der Waals surface area contributed by atoms with Crippen molar-refractivity contribution >= 4 is 56.4 Å². The molecule has 3 aromatic carbocycles. The Morgan fingerprint density at radius 1 is 0.811 bits per heavy atom. The third-order valence-electron chi connectivity index (χ3n) is 5.78. The second-order valence-electron chi connectivity index (χ2n) is 8.51. The molecule has 3 aromatic heterocycles. The first kappa shape index (κ1) is 24.4. The Morgan fingerprint density at radius 3 is 2.46 bits per heavy atom. The van der Waals surface area contributed by atoms with Crippen molar-refractivity contribution in [1.29, 1.82) is 0 Å². The quantitative estimate of drug-likeness (QED) is 0.168. The topological polar surface area (TPSA) is 56.5 Å². The van der Waals surface area contributed by atoms with E-state index in [2.05, 4.69) is 93.8 Å². The van der Waals surface area contributed by atoms with Crippen LogP contribution in [0.3, 0.4) is 0 Å². The van der Waals surface area contributed by atoms with Crippen molar-refractivity contribution in [3.05, 3.63) is 107 Å². The number of benzene rings is 3. The Labute approximate surface area is 232 Å². The van der Waals surface area contributed by atoms with Crippen LogP contribution in [0, 0.1) is 6.92 Å². The summed E-state index contributed by atoms with van der Waals surface area (Å²) < 4.78 is 4.49. The van der Waals surface area contributed by atoms with Crippen LogP contribution in [0.1, 0.15) is 22.6 Å². The minimum absolute atomic E-state index is 0.717. The number of thioether (sulfide) groups is 2. The van der Waals surface area contributed by atoms with Crippen molar-refractivity contribution in [1.82, 2.24) is 24.7 Å². The largest absolute Gasteiger partial charge is 0.301 e. The molecule has 0 bridgehead atoms. The number of aryl methyl sites for hydroxylation is 1. The van der Waals surface area contributed by atoms with Gasteiger partial charge in [-0.3, -0.25) is 0 Å². The smallest absolute Gasteiger partial charge is 0.191 e. The van der Waals surface area contributed by atoms with Gasteiger partial charge in [-0.25, -0.2) is 9.97 Å². The monoisotopic (exact) mass is 557 g/mol. The fourth-order valence-corrected chi connectivity index (χ4v) is 7.63. The maximum absolute atomic E-state index is 4.87. The molecule has 6 rings (SSSR count). The normalized spacial score (nSPS) is 11.4. The van der Waals surface area contributed by atoms with E-state index in [1.54, 1.807) is 46.2 Å². The zero-order chi connectivity index (χ0) is 25.0. The molecule has 0 atom stereocenters. The molecular weight excluding hydrogens is 535 g/mol. The highest BCUT2D eigenvalue weighted by molar-refractivity contribution is 8.00. The van der Waals surface area contributed by atoms with Gasteiger partial charge >= 0.3 is 0 Å². The van der Waals surface area contributed by atoms with Gasteiger partial charge in [-0.1, -0.05) is 95.8 Å². The zero-order valence-electron chi connectivity index (χ0n) is 20.1. The van der Waals surface area contributed by atoms with Gasteiger partial charge in [0.25, 0.3) is 0 Å². The summed E-state index contributed by atoms with van der Waals surface area (Å²) in [6.45, 7) is 2.84. The van der Waals surface area contributed by atoms with E-state index < -0.39 is 0 Å². The minimum Gasteiger partial charge on any atom is -0.301 e. The number of nitrogens with zero attached hydrogens (tertiary/aromatic N) is 5. The van der Waals surface area contributed by atoms with Gasteiger partial charge in [-0.05, 0) is 24.6 Å². The zero-order valence-corrected chi connectivity index (χ0v) is 23.3.